The van der Waals surface area contributed by atoms with Crippen molar-refractivity contribution >= 4 is 0 Å². The highest BCUT2D eigenvalue weighted by Gasteiger charge is 1.88. The first-order chi connectivity index (χ1) is 12.8. The molecule has 4 rings (SSSR count). The van der Waals surface area contributed by atoms with E-state index in [2.05, 4.69) is 59.4 Å². The molecule has 0 spiro atoms. The van der Waals surface area contributed by atoms with E-state index in [9.17, 15) is 14.4 Å². The lowest BCUT2D eigenvalue weighted by Gasteiger charge is -1.64. The second-order valence-corrected chi connectivity index (χ2v) is 4.41. The summed E-state index contributed by atoms with van der Waals surface area (Å²) in [5, 5.41) is 23.5. The SMILES string of the molecule is Cc1n[nH]c(=O)o1.Cc1nc(=O)[nH]o1.Cc1nn[nH]n1.Cc1noc(=O)[nH]1. The van der Waals surface area contributed by atoms with Gasteiger partial charge >= 0.3 is 17.2 Å². The summed E-state index contributed by atoms with van der Waals surface area (Å²) < 4.78 is 12.9. The summed E-state index contributed by atoms with van der Waals surface area (Å²) in [6, 6.07) is 0. The van der Waals surface area contributed by atoms with E-state index in [4.69, 9.17) is 0 Å². The van der Waals surface area contributed by atoms with Gasteiger partial charge in [0.15, 0.2) is 5.82 Å². The zero-order valence-corrected chi connectivity index (χ0v) is 14.6. The quantitative estimate of drug-likeness (QED) is 0.272. The molecule has 0 aliphatic carbocycles. The molecule has 4 aromatic heterocycles. The molecule has 0 fully saturated rings. The van der Waals surface area contributed by atoms with Crippen LogP contribution in [-0.2, 0) is 0 Å². The average molecular weight is 384 g/mol. The van der Waals surface area contributed by atoms with Gasteiger partial charge < -0.3 is 8.94 Å². The summed E-state index contributed by atoms with van der Waals surface area (Å²) in [5.41, 5.74) is -0.433. The van der Waals surface area contributed by atoms with Crippen molar-refractivity contribution in [1.82, 2.24) is 51.1 Å². The lowest BCUT2D eigenvalue weighted by Crippen LogP contribution is -1.99. The lowest BCUT2D eigenvalue weighted by molar-refractivity contribution is 0.383. The number of hydrogen-bond donors (Lipinski definition) is 4. The van der Waals surface area contributed by atoms with Crippen LogP contribution in [0.3, 0.4) is 0 Å². The molecule has 4 heterocycles. The average Bonchev–Trinajstić information content (AvgIpc) is 3.37. The summed E-state index contributed by atoms with van der Waals surface area (Å²) in [6.07, 6.45) is 0. The molecule has 0 radical (unpaired) electrons. The molecule has 146 valence electrons. The topological polar surface area (TPSA) is 231 Å². The Balaban J connectivity index is 0.000000180. The van der Waals surface area contributed by atoms with Gasteiger partial charge in [0, 0.05) is 13.8 Å². The van der Waals surface area contributed by atoms with E-state index in [1.165, 1.54) is 0 Å². The van der Waals surface area contributed by atoms with E-state index in [0.29, 0.717) is 23.4 Å². The summed E-state index contributed by atoms with van der Waals surface area (Å²) in [4.78, 5) is 35.7. The molecular formula is C11H16N10O6. The largest absolute Gasteiger partial charge is 0.438 e. The second kappa shape index (κ2) is 10.7. The van der Waals surface area contributed by atoms with Gasteiger partial charge in [-0.3, -0.25) is 9.51 Å². The molecule has 0 atom stereocenters. The third kappa shape index (κ3) is 9.69. The fraction of sp³-hybridized carbons (Fsp3) is 0.364. The van der Waals surface area contributed by atoms with Crippen LogP contribution in [0.25, 0.3) is 0 Å². The van der Waals surface area contributed by atoms with Gasteiger partial charge in [-0.1, -0.05) is 10.4 Å². The van der Waals surface area contributed by atoms with Crippen molar-refractivity contribution in [2.45, 2.75) is 27.7 Å². The zero-order valence-electron chi connectivity index (χ0n) is 14.6. The van der Waals surface area contributed by atoms with Crippen LogP contribution < -0.4 is 17.2 Å². The predicted octanol–water partition coefficient (Wildman–Crippen LogP) is -1.48. The van der Waals surface area contributed by atoms with Crippen LogP contribution in [0.15, 0.2) is 27.8 Å². The smallest absolute Gasteiger partial charge is 0.393 e. The Bertz CT molecular complexity index is 938. The van der Waals surface area contributed by atoms with Gasteiger partial charge in [-0.05, 0) is 13.8 Å². The molecule has 0 saturated heterocycles. The van der Waals surface area contributed by atoms with E-state index in [0.717, 1.165) is 0 Å². The van der Waals surface area contributed by atoms with Crippen LogP contribution >= 0.6 is 0 Å². The van der Waals surface area contributed by atoms with Crippen LogP contribution in [-0.4, -0.2) is 51.1 Å². The molecule has 4 N–H and O–H groups in total. The van der Waals surface area contributed by atoms with E-state index >= 15 is 0 Å². The van der Waals surface area contributed by atoms with E-state index in [1.54, 1.807) is 27.7 Å². The van der Waals surface area contributed by atoms with Crippen LogP contribution in [0, 0.1) is 27.7 Å². The van der Waals surface area contributed by atoms with Gasteiger partial charge in [-0.25, -0.2) is 19.5 Å². The Morgan fingerprint density at radius 1 is 0.926 bits per heavy atom. The van der Waals surface area contributed by atoms with E-state index in [-0.39, 0.29) is 0 Å². The maximum atomic E-state index is 10.0. The molecule has 16 nitrogen and oxygen atoms in total. The zero-order chi connectivity index (χ0) is 20.2. The Morgan fingerprint density at radius 3 is 1.81 bits per heavy atom. The van der Waals surface area contributed by atoms with Gasteiger partial charge in [0.25, 0.3) is 0 Å². The lowest BCUT2D eigenvalue weighted by atomic mass is 10.8. The van der Waals surface area contributed by atoms with Gasteiger partial charge in [-0.15, -0.1) is 15.3 Å². The van der Waals surface area contributed by atoms with Crippen LogP contribution in [0.4, 0.5) is 0 Å². The number of rotatable bonds is 0. The number of tetrazole rings is 1. The van der Waals surface area contributed by atoms with Crippen molar-refractivity contribution in [2.24, 2.45) is 0 Å². The van der Waals surface area contributed by atoms with Crippen molar-refractivity contribution < 1.29 is 13.5 Å². The van der Waals surface area contributed by atoms with Crippen molar-refractivity contribution in [1.29, 1.82) is 0 Å². The van der Waals surface area contributed by atoms with Crippen molar-refractivity contribution in [2.75, 3.05) is 0 Å². The minimum Gasteiger partial charge on any atom is -0.393 e. The fourth-order valence-corrected chi connectivity index (χ4v) is 1.13. The van der Waals surface area contributed by atoms with E-state index < -0.39 is 17.2 Å². The predicted molar refractivity (Wildman–Crippen MR) is 84.5 cm³/mol. The van der Waals surface area contributed by atoms with Gasteiger partial charge in [0.05, 0.1) is 0 Å². The monoisotopic (exact) mass is 384 g/mol. The molecule has 0 bridgehead atoms. The molecule has 0 saturated carbocycles. The van der Waals surface area contributed by atoms with Crippen LogP contribution in [0.2, 0.25) is 0 Å². The van der Waals surface area contributed by atoms with Crippen molar-refractivity contribution in [3.8, 4) is 0 Å². The maximum absolute atomic E-state index is 10.0. The number of H-pyrrole nitrogens is 4. The maximum Gasteiger partial charge on any atom is 0.438 e. The molecule has 0 amide bonds. The second-order valence-electron chi connectivity index (χ2n) is 4.41. The molecule has 27 heavy (non-hydrogen) atoms. The highest BCUT2D eigenvalue weighted by atomic mass is 16.5. The van der Waals surface area contributed by atoms with Gasteiger partial charge in [0.2, 0.25) is 11.8 Å². The Kier molecular flexibility index (Phi) is 8.29. The number of nitrogens with one attached hydrogen (secondary N) is 4. The Hall–Kier alpha value is -4.11. The molecule has 4 aromatic rings. The van der Waals surface area contributed by atoms with Gasteiger partial charge in [0.1, 0.15) is 5.82 Å². The molecule has 0 unspecified atom stereocenters. The summed E-state index contributed by atoms with van der Waals surface area (Å²) in [6.45, 7) is 6.60. The summed E-state index contributed by atoms with van der Waals surface area (Å²) >= 11 is 0. The minimum atomic E-state index is -0.502. The third-order valence-corrected chi connectivity index (χ3v) is 2.09. The summed E-state index contributed by atoms with van der Waals surface area (Å²) in [7, 11) is 0. The first kappa shape index (κ1) is 20.9. The minimum absolute atomic E-state index is 0.366. The summed E-state index contributed by atoms with van der Waals surface area (Å²) in [5.74, 6) is 0.907. The van der Waals surface area contributed by atoms with Crippen LogP contribution in [0.5, 0.6) is 0 Å². The fourth-order valence-electron chi connectivity index (χ4n) is 1.13. The number of aromatic nitrogens is 10. The molecule has 16 heteroatoms. The van der Waals surface area contributed by atoms with Crippen molar-refractivity contribution in [3.63, 3.8) is 0 Å². The molecule has 0 aromatic carbocycles. The Labute approximate surface area is 148 Å². The van der Waals surface area contributed by atoms with Crippen molar-refractivity contribution in [3.05, 3.63) is 55.0 Å². The third-order valence-electron chi connectivity index (χ3n) is 2.09. The molecule has 0 aliphatic rings. The normalized spacial score (nSPS) is 9.19. The van der Waals surface area contributed by atoms with E-state index in [1.807, 2.05) is 5.16 Å². The first-order valence-electron chi connectivity index (χ1n) is 7.03. The number of nitrogens with zero attached hydrogens (tertiary/aromatic N) is 6. The van der Waals surface area contributed by atoms with Gasteiger partial charge in [-0.2, -0.15) is 15.4 Å². The highest BCUT2D eigenvalue weighted by Crippen LogP contribution is 1.77. The number of hydrogen-bond acceptors (Lipinski definition) is 12. The highest BCUT2D eigenvalue weighted by molar-refractivity contribution is 4.68. The molecular weight excluding hydrogens is 368 g/mol. The number of aromatic amines is 4. The standard InChI is InChI=1S/3C3H4N2O2.C2H4N4/c1-2-4-5-3(6)7-2;1-2-4-3(6)5-7-2;1-2-4-3(6)7-5-2;1-2-3-5-6-4-2/h2*1H3,(H,5,6);1H3,(H,4,5,6);1H3,(H,3,4,5,6). The number of aryl methyl sites for hydroxylation is 4. The Morgan fingerprint density at radius 2 is 1.67 bits per heavy atom. The molecule has 0 aliphatic heterocycles. The van der Waals surface area contributed by atoms with Crippen LogP contribution in [0.1, 0.15) is 23.4 Å². The first-order valence-corrected chi connectivity index (χ1v) is 7.03.